The first-order valence-corrected chi connectivity index (χ1v) is 10.8. The Morgan fingerprint density at radius 1 is 0.879 bits per heavy atom. The van der Waals surface area contributed by atoms with E-state index in [4.69, 9.17) is 4.74 Å². The molecule has 5 rings (SSSR count). The molecular weight excluding hydrogens is 412 g/mol. The minimum Gasteiger partial charge on any atom is -0.489 e. The maximum absolute atomic E-state index is 11.6. The van der Waals surface area contributed by atoms with E-state index >= 15 is 0 Å². The highest BCUT2D eigenvalue weighted by Crippen LogP contribution is 2.39. The summed E-state index contributed by atoms with van der Waals surface area (Å²) in [5.74, 6) is -0.110. The summed E-state index contributed by atoms with van der Waals surface area (Å²) in [5.41, 5.74) is 6.95. The number of aromatic carboxylic acids is 1. The van der Waals surface area contributed by atoms with Crippen molar-refractivity contribution in [3.05, 3.63) is 113 Å². The van der Waals surface area contributed by atoms with Gasteiger partial charge in [-0.15, -0.1) is 0 Å². The topological polar surface area (TPSA) is 70.6 Å². The van der Waals surface area contributed by atoms with E-state index in [2.05, 4.69) is 41.0 Å². The van der Waals surface area contributed by atoms with Gasteiger partial charge in [0, 0.05) is 0 Å². The van der Waals surface area contributed by atoms with Gasteiger partial charge in [0.25, 0.3) is 0 Å². The van der Waals surface area contributed by atoms with Gasteiger partial charge in [-0.3, -0.25) is 0 Å². The molecule has 0 saturated carbocycles. The van der Waals surface area contributed by atoms with Crippen LogP contribution >= 0.6 is 0 Å². The summed E-state index contributed by atoms with van der Waals surface area (Å²) in [7, 11) is 0. The fourth-order valence-electron chi connectivity index (χ4n) is 4.10. The third kappa shape index (κ3) is 4.39. The van der Waals surface area contributed by atoms with Crippen LogP contribution in [0.4, 0.5) is 11.4 Å². The Bertz CT molecular complexity index is 1300. The molecule has 4 aromatic carbocycles. The Morgan fingerprint density at radius 3 is 2.42 bits per heavy atom. The first kappa shape index (κ1) is 20.6. The summed E-state index contributed by atoms with van der Waals surface area (Å²) in [6, 6.07) is 30.1. The van der Waals surface area contributed by atoms with Gasteiger partial charge in [0.15, 0.2) is 0 Å². The molecule has 5 nitrogen and oxygen atoms in total. The number of nitrogens with one attached hydrogen (secondary N) is 2. The van der Waals surface area contributed by atoms with Crippen molar-refractivity contribution in [2.24, 2.45) is 0 Å². The molecule has 1 atom stereocenters. The van der Waals surface area contributed by atoms with Crippen molar-refractivity contribution < 1.29 is 14.6 Å². The van der Waals surface area contributed by atoms with Crippen LogP contribution in [-0.2, 0) is 6.61 Å². The van der Waals surface area contributed by atoms with Gasteiger partial charge in [-0.1, -0.05) is 66.7 Å². The summed E-state index contributed by atoms with van der Waals surface area (Å²) in [4.78, 5) is 11.6. The molecule has 0 spiro atoms. The lowest BCUT2D eigenvalue weighted by molar-refractivity contribution is 0.0698. The Morgan fingerprint density at radius 2 is 1.67 bits per heavy atom. The SMILES string of the molecule is Cc1cc2c(c(C(=O)O)c1)NC(c1ccc(-c3cccc(OCc4ccccc4)c3)cc1)N2. The fourth-order valence-corrected chi connectivity index (χ4v) is 4.10. The van der Waals surface area contributed by atoms with Crippen LogP contribution in [0.5, 0.6) is 5.75 Å². The molecule has 1 heterocycles. The van der Waals surface area contributed by atoms with E-state index < -0.39 is 5.97 Å². The first-order valence-electron chi connectivity index (χ1n) is 10.8. The molecule has 0 fully saturated rings. The average molecular weight is 437 g/mol. The van der Waals surface area contributed by atoms with Crippen molar-refractivity contribution >= 4 is 17.3 Å². The third-order valence-electron chi connectivity index (χ3n) is 5.76. The van der Waals surface area contributed by atoms with E-state index in [0.717, 1.165) is 39.3 Å². The Labute approximate surface area is 192 Å². The number of benzene rings is 4. The second-order valence-corrected chi connectivity index (χ2v) is 8.19. The fraction of sp³-hybridized carbons (Fsp3) is 0.107. The van der Waals surface area contributed by atoms with Crippen LogP contribution in [0.1, 0.15) is 33.2 Å². The second kappa shape index (κ2) is 8.71. The van der Waals surface area contributed by atoms with Crippen LogP contribution in [-0.4, -0.2) is 11.1 Å². The monoisotopic (exact) mass is 436 g/mol. The number of fused-ring (bicyclic) bond motifs is 1. The van der Waals surface area contributed by atoms with E-state index in [1.165, 1.54) is 0 Å². The van der Waals surface area contributed by atoms with Crippen molar-refractivity contribution in [3.63, 3.8) is 0 Å². The molecular formula is C28H24N2O3. The standard InChI is InChI=1S/C28H24N2O3/c1-18-14-24(28(31)32)26-25(15-18)29-27(30-26)21-12-10-20(11-13-21)22-8-5-9-23(16-22)33-17-19-6-3-2-4-7-19/h2-16,27,29-30H,17H2,1H3,(H,31,32). The number of aryl methyl sites for hydroxylation is 1. The number of anilines is 2. The highest BCUT2D eigenvalue weighted by Gasteiger charge is 2.26. The molecule has 1 aliphatic heterocycles. The van der Waals surface area contributed by atoms with Gasteiger partial charge in [0.1, 0.15) is 18.5 Å². The molecule has 0 amide bonds. The Kier molecular flexibility index (Phi) is 5.45. The minimum atomic E-state index is -0.936. The molecule has 33 heavy (non-hydrogen) atoms. The van der Waals surface area contributed by atoms with Crippen molar-refractivity contribution in [3.8, 4) is 16.9 Å². The smallest absolute Gasteiger partial charge is 0.337 e. The maximum Gasteiger partial charge on any atom is 0.337 e. The molecule has 0 aromatic heterocycles. The lowest BCUT2D eigenvalue weighted by atomic mass is 10.0. The number of hydrogen-bond acceptors (Lipinski definition) is 4. The molecule has 0 saturated heterocycles. The van der Waals surface area contributed by atoms with E-state index in [1.54, 1.807) is 6.07 Å². The lowest BCUT2D eigenvalue weighted by Crippen LogP contribution is -2.12. The number of carbonyl (C=O) groups is 1. The van der Waals surface area contributed by atoms with Gasteiger partial charge in [0.2, 0.25) is 0 Å². The maximum atomic E-state index is 11.6. The predicted molar refractivity (Wildman–Crippen MR) is 131 cm³/mol. The van der Waals surface area contributed by atoms with E-state index in [0.29, 0.717) is 12.3 Å². The summed E-state index contributed by atoms with van der Waals surface area (Å²) in [6.45, 7) is 2.43. The largest absolute Gasteiger partial charge is 0.489 e. The molecule has 0 bridgehead atoms. The zero-order chi connectivity index (χ0) is 22.8. The normalized spacial score (nSPS) is 14.2. The van der Waals surface area contributed by atoms with Crippen molar-refractivity contribution in [1.29, 1.82) is 0 Å². The van der Waals surface area contributed by atoms with Crippen LogP contribution in [0, 0.1) is 6.92 Å². The van der Waals surface area contributed by atoms with E-state index in [9.17, 15) is 9.90 Å². The van der Waals surface area contributed by atoms with Crippen LogP contribution < -0.4 is 15.4 Å². The molecule has 3 N–H and O–H groups in total. The van der Waals surface area contributed by atoms with Gasteiger partial charge in [0.05, 0.1) is 16.9 Å². The van der Waals surface area contributed by atoms with Crippen LogP contribution in [0.3, 0.4) is 0 Å². The summed E-state index contributed by atoms with van der Waals surface area (Å²) >= 11 is 0. The number of rotatable bonds is 6. The number of hydrogen-bond donors (Lipinski definition) is 3. The summed E-state index contributed by atoms with van der Waals surface area (Å²) in [6.07, 6.45) is -0.186. The Balaban J connectivity index is 1.31. The highest BCUT2D eigenvalue weighted by atomic mass is 16.5. The number of carboxylic acid groups (broad SMARTS) is 1. The van der Waals surface area contributed by atoms with Gasteiger partial charge in [-0.2, -0.15) is 0 Å². The Hall–Kier alpha value is -4.25. The predicted octanol–water partition coefficient (Wildman–Crippen LogP) is 6.48. The molecule has 1 aliphatic rings. The van der Waals surface area contributed by atoms with E-state index in [-0.39, 0.29) is 11.7 Å². The van der Waals surface area contributed by atoms with Gasteiger partial charge in [-0.25, -0.2) is 4.79 Å². The minimum absolute atomic E-state index is 0.186. The molecule has 4 aromatic rings. The van der Waals surface area contributed by atoms with Gasteiger partial charge < -0.3 is 20.5 Å². The number of ether oxygens (including phenoxy) is 1. The third-order valence-corrected chi connectivity index (χ3v) is 5.76. The molecule has 1 unspecified atom stereocenters. The quantitative estimate of drug-likeness (QED) is 0.323. The molecule has 0 aliphatic carbocycles. The van der Waals surface area contributed by atoms with Crippen LogP contribution in [0.15, 0.2) is 91.0 Å². The van der Waals surface area contributed by atoms with Gasteiger partial charge >= 0.3 is 5.97 Å². The average Bonchev–Trinajstić information content (AvgIpc) is 3.27. The summed E-state index contributed by atoms with van der Waals surface area (Å²) < 4.78 is 5.97. The van der Waals surface area contributed by atoms with Crippen molar-refractivity contribution in [1.82, 2.24) is 0 Å². The first-order chi connectivity index (χ1) is 16.1. The molecule has 164 valence electrons. The lowest BCUT2D eigenvalue weighted by Gasteiger charge is -2.14. The molecule has 5 heteroatoms. The van der Waals surface area contributed by atoms with Crippen LogP contribution in [0.25, 0.3) is 11.1 Å². The highest BCUT2D eigenvalue weighted by molar-refractivity contribution is 5.99. The van der Waals surface area contributed by atoms with Gasteiger partial charge in [-0.05, 0) is 59.0 Å². The number of carboxylic acids is 1. The second-order valence-electron chi connectivity index (χ2n) is 8.19. The van der Waals surface area contributed by atoms with Crippen LogP contribution in [0.2, 0.25) is 0 Å². The van der Waals surface area contributed by atoms with Crippen molar-refractivity contribution in [2.75, 3.05) is 10.6 Å². The van der Waals surface area contributed by atoms with Crippen molar-refractivity contribution in [2.45, 2.75) is 19.7 Å². The zero-order valence-electron chi connectivity index (χ0n) is 18.2. The van der Waals surface area contributed by atoms with E-state index in [1.807, 2.05) is 61.5 Å². The molecule has 0 radical (unpaired) electrons. The summed E-state index contributed by atoms with van der Waals surface area (Å²) in [5, 5.41) is 16.2. The zero-order valence-corrected chi connectivity index (χ0v) is 18.2.